The molecule has 0 atom stereocenters. The zero-order chi connectivity index (χ0) is 9.56. The van der Waals surface area contributed by atoms with E-state index in [1.807, 2.05) is 0 Å². The van der Waals surface area contributed by atoms with Gasteiger partial charge in [-0.25, -0.2) is 0 Å². The summed E-state index contributed by atoms with van der Waals surface area (Å²) >= 11 is 6.08. The van der Waals surface area contributed by atoms with Crippen molar-refractivity contribution in [3.05, 3.63) is 23.3 Å². The quantitative estimate of drug-likeness (QED) is 0.455. The van der Waals surface area contributed by atoms with E-state index in [-0.39, 0.29) is 6.13 Å². The molecule has 68 valence electrons. The van der Waals surface area contributed by atoms with E-state index in [1.165, 1.54) is 11.1 Å². The molecule has 0 saturated carbocycles. The summed E-state index contributed by atoms with van der Waals surface area (Å²) in [7, 11) is 0. The van der Waals surface area contributed by atoms with Crippen LogP contribution in [0.2, 0.25) is 12.6 Å². The summed E-state index contributed by atoms with van der Waals surface area (Å²) in [5.41, 5.74) is 2.69. The molecule has 0 spiro atoms. The summed E-state index contributed by atoms with van der Waals surface area (Å²) in [6.07, 6.45) is 6.60. The van der Waals surface area contributed by atoms with E-state index < -0.39 is 0 Å². The maximum atomic E-state index is 6.08. The second kappa shape index (κ2) is 6.36. The molecule has 0 aliphatic heterocycles. The summed E-state index contributed by atoms with van der Waals surface area (Å²) in [5, 5.41) is 0. The molecule has 0 fully saturated rings. The minimum Gasteiger partial charge on any atom is -0.195 e. The fraction of sp³-hybridized carbons (Fsp3) is 0.600. The Labute approximate surface area is 81.7 Å². The van der Waals surface area contributed by atoms with Gasteiger partial charge in [0.15, 0.2) is 0 Å². The molecule has 0 radical (unpaired) electrons. The Balaban J connectivity index is 3.68. The summed E-state index contributed by atoms with van der Waals surface area (Å²) in [6.45, 7) is 8.41. The van der Waals surface area contributed by atoms with Crippen molar-refractivity contribution in [3.8, 4) is 0 Å². The standard InChI is InChI=1S/C10H18BCl/c1-9(2)5-7-11(12)8-6-10(3)4/h5-6H,7-8H2,1-4H3. The molecule has 0 saturated heterocycles. The number of hydrogen-bond acceptors (Lipinski definition) is 0. The number of allylic oxidation sites excluding steroid dienone is 4. The molecule has 0 aromatic heterocycles. The van der Waals surface area contributed by atoms with Crippen molar-refractivity contribution in [2.24, 2.45) is 0 Å². The molecular weight excluding hydrogens is 166 g/mol. The first-order chi connectivity index (χ1) is 5.52. The van der Waals surface area contributed by atoms with Gasteiger partial charge >= 0.3 is 0 Å². The van der Waals surface area contributed by atoms with E-state index in [0.29, 0.717) is 0 Å². The maximum Gasteiger partial charge on any atom is 0.258 e. The van der Waals surface area contributed by atoms with Gasteiger partial charge in [0.05, 0.1) is 0 Å². The molecule has 0 aliphatic rings. The predicted molar refractivity (Wildman–Crippen MR) is 60.1 cm³/mol. The van der Waals surface area contributed by atoms with E-state index >= 15 is 0 Å². The monoisotopic (exact) mass is 184 g/mol. The van der Waals surface area contributed by atoms with Gasteiger partial charge in [0.25, 0.3) is 6.13 Å². The van der Waals surface area contributed by atoms with Crippen LogP contribution in [0.1, 0.15) is 27.7 Å². The van der Waals surface area contributed by atoms with Crippen LogP contribution in [0.3, 0.4) is 0 Å². The van der Waals surface area contributed by atoms with Gasteiger partial charge in [0.1, 0.15) is 0 Å². The largest absolute Gasteiger partial charge is 0.258 e. The summed E-state index contributed by atoms with van der Waals surface area (Å²) in [6, 6.07) is 0. The highest BCUT2D eigenvalue weighted by Gasteiger charge is 2.05. The lowest BCUT2D eigenvalue weighted by atomic mass is 9.68. The van der Waals surface area contributed by atoms with Crippen molar-refractivity contribution in [2.45, 2.75) is 40.3 Å². The molecule has 0 aromatic rings. The minimum atomic E-state index is 0.259. The van der Waals surface area contributed by atoms with Gasteiger partial charge in [-0.05, 0) is 40.3 Å². The second-order valence-electron chi connectivity index (χ2n) is 3.63. The molecule has 0 amide bonds. The molecule has 2 heteroatoms. The molecule has 0 heterocycles. The van der Waals surface area contributed by atoms with E-state index in [4.69, 9.17) is 11.5 Å². The van der Waals surface area contributed by atoms with Gasteiger partial charge in [0.2, 0.25) is 0 Å². The zero-order valence-electron chi connectivity index (χ0n) is 8.52. The lowest BCUT2D eigenvalue weighted by Crippen LogP contribution is -1.99. The molecule has 0 nitrogen and oxygen atoms in total. The highest BCUT2D eigenvalue weighted by atomic mass is 35.5. The number of rotatable bonds is 4. The molecule has 0 bridgehead atoms. The minimum absolute atomic E-state index is 0.259. The van der Waals surface area contributed by atoms with Crippen molar-refractivity contribution in [3.63, 3.8) is 0 Å². The Kier molecular flexibility index (Phi) is 6.27. The van der Waals surface area contributed by atoms with Crippen LogP contribution < -0.4 is 0 Å². The van der Waals surface area contributed by atoms with Crippen molar-refractivity contribution in [1.29, 1.82) is 0 Å². The van der Waals surface area contributed by atoms with Crippen LogP contribution in [0, 0.1) is 0 Å². The van der Waals surface area contributed by atoms with Crippen LogP contribution in [-0.4, -0.2) is 6.13 Å². The van der Waals surface area contributed by atoms with Gasteiger partial charge in [-0.1, -0.05) is 23.3 Å². The normalized spacial score (nSPS) is 9.08. The van der Waals surface area contributed by atoms with Gasteiger partial charge in [-0.3, -0.25) is 0 Å². The lowest BCUT2D eigenvalue weighted by molar-refractivity contribution is 1.33. The van der Waals surface area contributed by atoms with E-state index in [1.54, 1.807) is 0 Å². The van der Waals surface area contributed by atoms with Crippen molar-refractivity contribution >= 4 is 17.6 Å². The first kappa shape index (κ1) is 11.8. The predicted octanol–water partition coefficient (Wildman–Crippen LogP) is 4.15. The van der Waals surface area contributed by atoms with Gasteiger partial charge in [-0.2, -0.15) is 11.5 Å². The van der Waals surface area contributed by atoms with Crippen LogP contribution >= 0.6 is 11.5 Å². The summed E-state index contributed by atoms with van der Waals surface area (Å²) in [5.74, 6) is 0. The van der Waals surface area contributed by atoms with Gasteiger partial charge in [0, 0.05) is 0 Å². The van der Waals surface area contributed by atoms with Gasteiger partial charge in [-0.15, -0.1) is 0 Å². The fourth-order valence-corrected chi connectivity index (χ4v) is 1.00. The third kappa shape index (κ3) is 7.94. The maximum absolute atomic E-state index is 6.08. The van der Waals surface area contributed by atoms with E-state index in [2.05, 4.69) is 39.8 Å². The Morgan fingerprint density at radius 1 is 1.00 bits per heavy atom. The molecule has 0 unspecified atom stereocenters. The Hall–Kier alpha value is -0.165. The van der Waals surface area contributed by atoms with Crippen LogP contribution in [0.15, 0.2) is 23.3 Å². The lowest BCUT2D eigenvalue weighted by Gasteiger charge is -1.98. The fourth-order valence-electron chi connectivity index (χ4n) is 0.823. The van der Waals surface area contributed by atoms with Crippen molar-refractivity contribution in [1.82, 2.24) is 0 Å². The molecule has 0 aliphatic carbocycles. The summed E-state index contributed by atoms with van der Waals surface area (Å²) in [4.78, 5) is 0. The van der Waals surface area contributed by atoms with Crippen LogP contribution in [0.4, 0.5) is 0 Å². The zero-order valence-corrected chi connectivity index (χ0v) is 9.28. The molecular formula is C10H18BCl. The SMILES string of the molecule is CC(C)=CCB(Cl)CC=C(C)C. The Morgan fingerprint density at radius 2 is 1.33 bits per heavy atom. The second-order valence-corrected chi connectivity index (χ2v) is 4.25. The highest BCUT2D eigenvalue weighted by Crippen LogP contribution is 2.09. The topological polar surface area (TPSA) is 0 Å². The molecule has 0 aromatic carbocycles. The number of halogens is 1. The highest BCUT2D eigenvalue weighted by molar-refractivity contribution is 7.07. The average molecular weight is 185 g/mol. The first-order valence-corrected chi connectivity index (χ1v) is 4.86. The third-order valence-electron chi connectivity index (χ3n) is 1.56. The van der Waals surface area contributed by atoms with Crippen molar-refractivity contribution < 1.29 is 0 Å². The van der Waals surface area contributed by atoms with E-state index in [9.17, 15) is 0 Å². The number of hydrogen-bond donors (Lipinski definition) is 0. The third-order valence-corrected chi connectivity index (χ3v) is 1.92. The average Bonchev–Trinajstić information content (AvgIpc) is 1.96. The summed E-state index contributed by atoms with van der Waals surface area (Å²) < 4.78 is 0. The smallest absolute Gasteiger partial charge is 0.195 e. The van der Waals surface area contributed by atoms with Gasteiger partial charge < -0.3 is 0 Å². The van der Waals surface area contributed by atoms with Crippen molar-refractivity contribution in [2.75, 3.05) is 0 Å². The molecule has 0 rings (SSSR count). The Bertz CT molecular complexity index is 154. The first-order valence-electron chi connectivity index (χ1n) is 4.43. The van der Waals surface area contributed by atoms with Crippen LogP contribution in [0.5, 0.6) is 0 Å². The van der Waals surface area contributed by atoms with Crippen LogP contribution in [0.25, 0.3) is 0 Å². The van der Waals surface area contributed by atoms with Crippen LogP contribution in [-0.2, 0) is 0 Å². The van der Waals surface area contributed by atoms with E-state index in [0.717, 1.165) is 12.6 Å². The molecule has 0 N–H and O–H groups in total. The Morgan fingerprint density at radius 3 is 1.58 bits per heavy atom. The molecule has 12 heavy (non-hydrogen) atoms.